The number of aromatic nitrogens is 3. The smallest absolute Gasteiger partial charge is 0.219 e. The maximum Gasteiger partial charge on any atom is 0.219 e. The second-order valence-corrected chi connectivity index (χ2v) is 7.11. The fourth-order valence-corrected chi connectivity index (χ4v) is 3.05. The first-order valence-corrected chi connectivity index (χ1v) is 9.54. The number of furan rings is 2. The monoisotopic (exact) mass is 428 g/mol. The van der Waals surface area contributed by atoms with Gasteiger partial charge in [0.15, 0.2) is 5.76 Å². The zero-order valence-corrected chi connectivity index (χ0v) is 17.3. The van der Waals surface area contributed by atoms with Gasteiger partial charge in [0, 0.05) is 5.02 Å². The minimum Gasteiger partial charge on any atom is -0.486 e. The second kappa shape index (κ2) is 8.10. The Hall–Kier alpha value is -3.10. The summed E-state index contributed by atoms with van der Waals surface area (Å²) in [6.45, 7) is 4.18. The molecule has 1 N–H and O–H groups in total. The Labute approximate surface area is 176 Å². The molecule has 29 heavy (non-hydrogen) atoms. The molecule has 7 nitrogen and oxygen atoms in total. The third-order valence-corrected chi connectivity index (χ3v) is 5.03. The fourth-order valence-electron chi connectivity index (χ4n) is 2.76. The van der Waals surface area contributed by atoms with E-state index in [0.29, 0.717) is 27.9 Å². The number of hydrogen-bond acceptors (Lipinski definition) is 6. The molecule has 0 saturated heterocycles. The van der Waals surface area contributed by atoms with E-state index in [9.17, 15) is 0 Å². The molecular formula is C20H17ClN4O3S. The molecule has 148 valence electrons. The Bertz CT molecular complexity index is 1200. The van der Waals surface area contributed by atoms with Crippen molar-refractivity contribution >= 4 is 30.0 Å². The number of H-pyrrole nitrogens is 1. The van der Waals surface area contributed by atoms with E-state index in [4.69, 9.17) is 37.4 Å². The van der Waals surface area contributed by atoms with E-state index >= 15 is 0 Å². The van der Waals surface area contributed by atoms with Crippen molar-refractivity contribution in [3.63, 3.8) is 0 Å². The predicted molar refractivity (Wildman–Crippen MR) is 112 cm³/mol. The van der Waals surface area contributed by atoms with Crippen LogP contribution < -0.4 is 4.74 Å². The molecule has 0 aliphatic carbocycles. The van der Waals surface area contributed by atoms with Gasteiger partial charge in [0.05, 0.1) is 12.5 Å². The fraction of sp³-hybridized carbons (Fsp3) is 0.150. The number of benzene rings is 1. The summed E-state index contributed by atoms with van der Waals surface area (Å²) in [5.74, 6) is 2.99. The highest BCUT2D eigenvalue weighted by Gasteiger charge is 2.11. The standard InChI is InChI=1S/C20H17ClN4O3S/c1-12-8-16(9-13(2)18(12)21)27-11-15-6-5-14(28-15)10-22-25-19(23-24-20(25)29)17-4-3-7-26-17/h3-10H,11H2,1-2H3,(H,24,29)/b22-10+. The minimum atomic E-state index is 0.289. The highest BCUT2D eigenvalue weighted by Crippen LogP contribution is 2.26. The van der Waals surface area contributed by atoms with Gasteiger partial charge >= 0.3 is 0 Å². The Kier molecular flexibility index (Phi) is 5.37. The topological polar surface area (TPSA) is 81.5 Å². The molecule has 4 rings (SSSR count). The van der Waals surface area contributed by atoms with Gasteiger partial charge in [0.25, 0.3) is 0 Å². The van der Waals surface area contributed by atoms with Crippen LogP contribution in [0, 0.1) is 18.6 Å². The number of rotatable bonds is 6. The zero-order chi connectivity index (χ0) is 20.4. The van der Waals surface area contributed by atoms with Gasteiger partial charge in [-0.2, -0.15) is 9.78 Å². The van der Waals surface area contributed by atoms with Gasteiger partial charge in [0.1, 0.15) is 23.9 Å². The number of aryl methyl sites for hydroxylation is 2. The zero-order valence-electron chi connectivity index (χ0n) is 15.7. The molecule has 4 aromatic rings. The molecule has 3 aromatic heterocycles. The van der Waals surface area contributed by atoms with Crippen LogP contribution in [0.4, 0.5) is 0 Å². The number of ether oxygens (including phenoxy) is 1. The van der Waals surface area contributed by atoms with Gasteiger partial charge in [-0.3, -0.25) is 0 Å². The number of nitrogens with one attached hydrogen (secondary N) is 1. The van der Waals surface area contributed by atoms with Gasteiger partial charge in [-0.25, -0.2) is 5.10 Å². The molecule has 3 heterocycles. The Morgan fingerprint density at radius 3 is 2.79 bits per heavy atom. The summed E-state index contributed by atoms with van der Waals surface area (Å²) in [7, 11) is 0. The number of nitrogens with zero attached hydrogens (tertiary/aromatic N) is 3. The molecule has 1 aromatic carbocycles. The first-order valence-electron chi connectivity index (χ1n) is 8.75. The first-order chi connectivity index (χ1) is 14.0. The average Bonchev–Trinajstić information content (AvgIpc) is 3.44. The van der Waals surface area contributed by atoms with E-state index in [2.05, 4.69) is 15.3 Å². The van der Waals surface area contributed by atoms with E-state index in [1.165, 1.54) is 4.68 Å². The van der Waals surface area contributed by atoms with E-state index in [1.807, 2.05) is 32.0 Å². The molecule has 0 fully saturated rings. The minimum absolute atomic E-state index is 0.289. The number of aromatic amines is 1. The van der Waals surface area contributed by atoms with Gasteiger partial charge in [-0.15, -0.1) is 5.10 Å². The number of halogens is 1. The van der Waals surface area contributed by atoms with Gasteiger partial charge in [0.2, 0.25) is 10.6 Å². The Balaban J connectivity index is 1.47. The average molecular weight is 429 g/mol. The molecule has 0 bridgehead atoms. The molecule has 0 atom stereocenters. The lowest BCUT2D eigenvalue weighted by Crippen LogP contribution is -1.95. The number of hydrogen-bond donors (Lipinski definition) is 1. The van der Waals surface area contributed by atoms with Crippen LogP contribution in [0.2, 0.25) is 5.02 Å². The molecule has 0 saturated carbocycles. The molecule has 0 unspecified atom stereocenters. The summed E-state index contributed by atoms with van der Waals surface area (Å²) in [5.41, 5.74) is 1.94. The van der Waals surface area contributed by atoms with Crippen molar-refractivity contribution in [1.82, 2.24) is 14.9 Å². The molecule has 0 spiro atoms. The summed E-state index contributed by atoms with van der Waals surface area (Å²) >= 11 is 11.4. The van der Waals surface area contributed by atoms with Crippen LogP contribution in [0.5, 0.6) is 5.75 Å². The summed E-state index contributed by atoms with van der Waals surface area (Å²) in [4.78, 5) is 0. The Morgan fingerprint density at radius 2 is 2.07 bits per heavy atom. The molecule has 0 aliphatic heterocycles. The van der Waals surface area contributed by atoms with Crippen LogP contribution in [0.25, 0.3) is 11.6 Å². The van der Waals surface area contributed by atoms with Crippen LogP contribution in [0.3, 0.4) is 0 Å². The third kappa shape index (κ3) is 4.18. The van der Waals surface area contributed by atoms with Crippen molar-refractivity contribution in [2.24, 2.45) is 5.10 Å². The lowest BCUT2D eigenvalue weighted by atomic mass is 10.1. The van der Waals surface area contributed by atoms with Crippen LogP contribution in [-0.4, -0.2) is 21.1 Å². The van der Waals surface area contributed by atoms with Crippen molar-refractivity contribution in [2.75, 3.05) is 0 Å². The maximum atomic E-state index is 6.19. The Morgan fingerprint density at radius 1 is 1.28 bits per heavy atom. The van der Waals surface area contributed by atoms with Crippen molar-refractivity contribution in [3.05, 3.63) is 75.1 Å². The van der Waals surface area contributed by atoms with Crippen molar-refractivity contribution < 1.29 is 13.6 Å². The summed E-state index contributed by atoms with van der Waals surface area (Å²) in [6, 6.07) is 11.0. The van der Waals surface area contributed by atoms with E-state index in [0.717, 1.165) is 21.9 Å². The summed E-state index contributed by atoms with van der Waals surface area (Å²) in [6.07, 6.45) is 3.11. The third-order valence-electron chi connectivity index (χ3n) is 4.17. The molecule has 0 radical (unpaired) electrons. The van der Waals surface area contributed by atoms with Crippen molar-refractivity contribution in [1.29, 1.82) is 0 Å². The van der Waals surface area contributed by atoms with E-state index < -0.39 is 0 Å². The molecule has 9 heteroatoms. The lowest BCUT2D eigenvalue weighted by Gasteiger charge is -2.08. The van der Waals surface area contributed by atoms with Gasteiger partial charge in [-0.1, -0.05) is 11.6 Å². The van der Waals surface area contributed by atoms with Crippen LogP contribution in [0.15, 0.2) is 56.6 Å². The highest BCUT2D eigenvalue weighted by molar-refractivity contribution is 7.71. The van der Waals surface area contributed by atoms with Crippen LogP contribution >= 0.6 is 23.8 Å². The van der Waals surface area contributed by atoms with E-state index in [-0.39, 0.29) is 6.61 Å². The van der Waals surface area contributed by atoms with Gasteiger partial charge < -0.3 is 13.6 Å². The van der Waals surface area contributed by atoms with Crippen LogP contribution in [0.1, 0.15) is 22.6 Å². The van der Waals surface area contributed by atoms with E-state index in [1.54, 1.807) is 30.7 Å². The predicted octanol–water partition coefficient (Wildman–Crippen LogP) is 5.53. The first kappa shape index (κ1) is 19.2. The van der Waals surface area contributed by atoms with Crippen molar-refractivity contribution in [2.45, 2.75) is 20.5 Å². The van der Waals surface area contributed by atoms with Gasteiger partial charge in [-0.05, 0) is 73.6 Å². The molecular weight excluding hydrogens is 412 g/mol. The molecule has 0 amide bonds. The molecule has 0 aliphatic rings. The maximum absolute atomic E-state index is 6.19. The van der Waals surface area contributed by atoms with Crippen molar-refractivity contribution in [3.8, 4) is 17.3 Å². The largest absolute Gasteiger partial charge is 0.486 e. The highest BCUT2D eigenvalue weighted by atomic mass is 35.5. The SMILES string of the molecule is Cc1cc(OCc2ccc(/C=N/n3c(-c4ccco4)n[nH]c3=S)o2)cc(C)c1Cl. The quantitative estimate of drug-likeness (QED) is 0.322. The van der Waals surface area contributed by atoms with Crippen LogP contribution in [-0.2, 0) is 6.61 Å². The normalized spacial score (nSPS) is 11.4. The lowest BCUT2D eigenvalue weighted by molar-refractivity contribution is 0.269. The second-order valence-electron chi connectivity index (χ2n) is 6.35. The summed E-state index contributed by atoms with van der Waals surface area (Å²) < 4.78 is 18.7. The summed E-state index contributed by atoms with van der Waals surface area (Å²) in [5, 5.41) is 11.9.